The van der Waals surface area contributed by atoms with Gasteiger partial charge in [-0.25, -0.2) is 4.98 Å². The number of aromatic nitrogens is 1. The van der Waals surface area contributed by atoms with Crippen molar-refractivity contribution >= 4 is 51.3 Å². The second kappa shape index (κ2) is 7.82. The molecule has 1 heterocycles. The number of carbonyl (C=O) groups is 1. The Morgan fingerprint density at radius 3 is 2.77 bits per heavy atom. The summed E-state index contributed by atoms with van der Waals surface area (Å²) in [6.07, 6.45) is -0.121. The van der Waals surface area contributed by atoms with E-state index in [9.17, 15) is 14.9 Å². The molecule has 0 bridgehead atoms. The molecular formula is C17H11Cl2N3O3S. The van der Waals surface area contributed by atoms with E-state index in [1.54, 1.807) is 41.8 Å². The third-order valence-corrected chi connectivity index (χ3v) is 4.82. The molecule has 0 atom stereocenters. The fourth-order valence-corrected chi connectivity index (χ4v) is 3.44. The molecular weight excluding hydrogens is 397 g/mol. The Hall–Kier alpha value is -2.48. The number of halogens is 2. The van der Waals surface area contributed by atoms with Crippen molar-refractivity contribution in [1.82, 2.24) is 4.98 Å². The van der Waals surface area contributed by atoms with E-state index in [1.807, 2.05) is 0 Å². The number of carbonyl (C=O) groups excluding carboxylic acids is 1. The number of nitrogens with zero attached hydrogens (tertiary/aromatic N) is 2. The Bertz CT molecular complexity index is 991. The van der Waals surface area contributed by atoms with Crippen LogP contribution >= 0.6 is 34.5 Å². The summed E-state index contributed by atoms with van der Waals surface area (Å²) < 4.78 is 0. The Morgan fingerprint density at radius 2 is 2.00 bits per heavy atom. The predicted octanol–water partition coefficient (Wildman–Crippen LogP) is 5.21. The number of thiazole rings is 1. The maximum Gasteiger partial charge on any atom is 0.273 e. The Labute approximate surface area is 162 Å². The van der Waals surface area contributed by atoms with Crippen molar-refractivity contribution in [3.05, 3.63) is 73.6 Å². The lowest BCUT2D eigenvalue weighted by Gasteiger charge is -2.03. The van der Waals surface area contributed by atoms with Crippen LogP contribution in [0.4, 0.5) is 10.8 Å². The number of nitrogens with one attached hydrogen (secondary N) is 1. The Balaban J connectivity index is 1.74. The minimum absolute atomic E-state index is 0.0896. The normalized spacial score (nSPS) is 10.5. The minimum atomic E-state index is -0.509. The average Bonchev–Trinajstić information content (AvgIpc) is 3.05. The molecule has 0 fully saturated rings. The van der Waals surface area contributed by atoms with Crippen LogP contribution in [0.1, 0.15) is 5.56 Å². The van der Waals surface area contributed by atoms with Crippen LogP contribution in [0.15, 0.2) is 47.8 Å². The quantitative estimate of drug-likeness (QED) is 0.464. The molecule has 0 saturated carbocycles. The molecule has 0 saturated heterocycles. The summed E-state index contributed by atoms with van der Waals surface area (Å²) in [6.45, 7) is 0. The molecule has 132 valence electrons. The van der Waals surface area contributed by atoms with Gasteiger partial charge >= 0.3 is 0 Å². The zero-order valence-corrected chi connectivity index (χ0v) is 15.4. The summed E-state index contributed by atoms with van der Waals surface area (Å²) in [5.41, 5.74) is 1.50. The van der Waals surface area contributed by atoms with E-state index in [0.717, 1.165) is 0 Å². The fourth-order valence-electron chi connectivity index (χ4n) is 2.32. The standard InChI is InChI=1S/C17H11Cl2N3O3S/c18-11-5-6-13(19)12(8-11)14-9-26-17(20-14)21-16(23)7-10-3-1-2-4-15(10)22(24)25/h1-6,8-9H,7H2,(H,20,21,23). The minimum Gasteiger partial charge on any atom is -0.302 e. The molecule has 2 aromatic carbocycles. The Kier molecular flexibility index (Phi) is 5.51. The molecule has 1 aromatic heterocycles. The largest absolute Gasteiger partial charge is 0.302 e. The van der Waals surface area contributed by atoms with Crippen molar-refractivity contribution in [1.29, 1.82) is 0 Å². The third-order valence-electron chi connectivity index (χ3n) is 3.49. The van der Waals surface area contributed by atoms with Crippen LogP contribution in [-0.2, 0) is 11.2 Å². The molecule has 26 heavy (non-hydrogen) atoms. The smallest absolute Gasteiger partial charge is 0.273 e. The molecule has 3 rings (SSSR count). The van der Waals surface area contributed by atoms with Gasteiger partial charge in [0.1, 0.15) is 0 Å². The monoisotopic (exact) mass is 407 g/mol. The number of benzene rings is 2. The lowest BCUT2D eigenvalue weighted by molar-refractivity contribution is -0.385. The summed E-state index contributed by atoms with van der Waals surface area (Å²) in [4.78, 5) is 27.1. The molecule has 6 nitrogen and oxygen atoms in total. The number of amides is 1. The van der Waals surface area contributed by atoms with Gasteiger partial charge in [-0.2, -0.15) is 0 Å². The lowest BCUT2D eigenvalue weighted by Crippen LogP contribution is -2.15. The summed E-state index contributed by atoms with van der Waals surface area (Å²) in [5.74, 6) is -0.391. The van der Waals surface area contributed by atoms with Gasteiger partial charge in [-0.15, -0.1) is 11.3 Å². The van der Waals surface area contributed by atoms with Crippen molar-refractivity contribution in [2.45, 2.75) is 6.42 Å². The van der Waals surface area contributed by atoms with Crippen LogP contribution in [0.3, 0.4) is 0 Å². The van der Waals surface area contributed by atoms with Gasteiger partial charge in [0.05, 0.1) is 22.1 Å². The topological polar surface area (TPSA) is 85.1 Å². The highest BCUT2D eigenvalue weighted by Gasteiger charge is 2.17. The third kappa shape index (κ3) is 4.19. The van der Waals surface area contributed by atoms with Crippen molar-refractivity contribution in [2.24, 2.45) is 0 Å². The number of nitro groups is 1. The number of hydrogen-bond acceptors (Lipinski definition) is 5. The molecule has 9 heteroatoms. The fraction of sp³-hybridized carbons (Fsp3) is 0.0588. The zero-order valence-electron chi connectivity index (χ0n) is 13.1. The van der Waals surface area contributed by atoms with Crippen LogP contribution in [-0.4, -0.2) is 15.8 Å². The van der Waals surface area contributed by atoms with Crippen molar-refractivity contribution in [3.63, 3.8) is 0 Å². The van der Waals surface area contributed by atoms with E-state index in [4.69, 9.17) is 23.2 Å². The van der Waals surface area contributed by atoms with Gasteiger partial charge in [-0.1, -0.05) is 41.4 Å². The highest BCUT2D eigenvalue weighted by Crippen LogP contribution is 2.32. The first-order valence-electron chi connectivity index (χ1n) is 7.37. The summed E-state index contributed by atoms with van der Waals surface area (Å²) in [7, 11) is 0. The Morgan fingerprint density at radius 1 is 1.23 bits per heavy atom. The molecule has 0 spiro atoms. The average molecular weight is 408 g/mol. The number of rotatable bonds is 5. The SMILES string of the molecule is O=C(Cc1ccccc1[N+](=O)[O-])Nc1nc(-c2cc(Cl)ccc2Cl)cs1. The van der Waals surface area contributed by atoms with Gasteiger partial charge in [0.25, 0.3) is 5.69 Å². The van der Waals surface area contributed by atoms with Crippen LogP contribution in [0.25, 0.3) is 11.3 Å². The number of nitro benzene ring substituents is 1. The van der Waals surface area contributed by atoms with Gasteiger partial charge in [-0.3, -0.25) is 14.9 Å². The first kappa shape index (κ1) is 18.3. The van der Waals surface area contributed by atoms with Crippen LogP contribution in [0.2, 0.25) is 10.0 Å². The molecule has 0 aliphatic carbocycles. The van der Waals surface area contributed by atoms with Crippen LogP contribution < -0.4 is 5.32 Å². The van der Waals surface area contributed by atoms with Gasteiger partial charge in [0.2, 0.25) is 5.91 Å². The van der Waals surface area contributed by atoms with Gasteiger partial charge in [0, 0.05) is 27.6 Å². The predicted molar refractivity (Wildman–Crippen MR) is 103 cm³/mol. The number of anilines is 1. The van der Waals surface area contributed by atoms with E-state index in [1.165, 1.54) is 17.4 Å². The van der Waals surface area contributed by atoms with Crippen LogP contribution in [0.5, 0.6) is 0 Å². The maximum atomic E-state index is 12.2. The maximum absolute atomic E-state index is 12.2. The van der Waals surface area contributed by atoms with E-state index >= 15 is 0 Å². The van der Waals surface area contributed by atoms with Gasteiger partial charge in [0.15, 0.2) is 5.13 Å². The van der Waals surface area contributed by atoms with E-state index in [2.05, 4.69) is 10.3 Å². The molecule has 3 aromatic rings. The number of hydrogen-bond donors (Lipinski definition) is 1. The van der Waals surface area contributed by atoms with Gasteiger partial charge in [-0.05, 0) is 18.2 Å². The molecule has 0 radical (unpaired) electrons. The second-order valence-corrected chi connectivity index (χ2v) is 6.97. The number of para-hydroxylation sites is 1. The molecule has 1 amide bonds. The van der Waals surface area contributed by atoms with E-state index in [-0.39, 0.29) is 12.1 Å². The van der Waals surface area contributed by atoms with Gasteiger partial charge < -0.3 is 5.32 Å². The molecule has 0 aliphatic heterocycles. The highest BCUT2D eigenvalue weighted by molar-refractivity contribution is 7.14. The first-order chi connectivity index (χ1) is 12.4. The van der Waals surface area contributed by atoms with E-state index < -0.39 is 10.8 Å². The zero-order chi connectivity index (χ0) is 18.7. The second-order valence-electron chi connectivity index (χ2n) is 5.27. The summed E-state index contributed by atoms with van der Waals surface area (Å²) in [6, 6.07) is 11.2. The first-order valence-corrected chi connectivity index (χ1v) is 9.00. The van der Waals surface area contributed by atoms with Crippen LogP contribution in [0, 0.1) is 10.1 Å². The molecule has 1 N–H and O–H groups in total. The highest BCUT2D eigenvalue weighted by atomic mass is 35.5. The summed E-state index contributed by atoms with van der Waals surface area (Å²) in [5, 5.41) is 16.8. The summed E-state index contributed by atoms with van der Waals surface area (Å²) >= 11 is 13.4. The van der Waals surface area contributed by atoms with Crippen molar-refractivity contribution in [2.75, 3.05) is 5.32 Å². The lowest BCUT2D eigenvalue weighted by atomic mass is 10.1. The molecule has 0 unspecified atom stereocenters. The van der Waals surface area contributed by atoms with Crippen molar-refractivity contribution < 1.29 is 9.72 Å². The van der Waals surface area contributed by atoms with E-state index in [0.29, 0.717) is 32.0 Å². The van der Waals surface area contributed by atoms with Crippen molar-refractivity contribution in [3.8, 4) is 11.3 Å². The molecule has 0 aliphatic rings.